The number of hydrogen-bond acceptors (Lipinski definition) is 14. The monoisotopic (exact) mass is 930 g/mol. The van der Waals surface area contributed by atoms with E-state index in [2.05, 4.69) is 20.8 Å². The van der Waals surface area contributed by atoms with Crippen molar-refractivity contribution in [2.45, 2.75) is 192 Å². The molecule has 15 atom stereocenters. The molecule has 0 spiro atoms. The Hall–Kier alpha value is -3.12. The molecule has 6 N–H and O–H groups in total. The Bertz CT molecular complexity index is 1750. The van der Waals surface area contributed by atoms with Crippen LogP contribution in [0.3, 0.4) is 0 Å². The number of nitrogens with zero attached hydrogens (tertiary/aromatic N) is 2. The Labute approximate surface area is 393 Å². The number of rotatable bonds is 9. The molecule has 1 saturated carbocycles. The molecule has 3 heterocycles. The van der Waals surface area contributed by atoms with Crippen LogP contribution in [0.1, 0.15) is 126 Å². The maximum absolute atomic E-state index is 14.4. The number of amides is 1. The number of fused-ring (bicyclic) bond motifs is 3. The van der Waals surface area contributed by atoms with Gasteiger partial charge in [0.05, 0.1) is 36.2 Å². The van der Waals surface area contributed by atoms with Gasteiger partial charge in [-0.2, -0.15) is 0 Å². The van der Waals surface area contributed by atoms with E-state index < -0.39 is 90.1 Å². The van der Waals surface area contributed by atoms with Gasteiger partial charge in [-0.15, -0.1) is 0 Å². The van der Waals surface area contributed by atoms with Crippen LogP contribution in [0.15, 0.2) is 52.7 Å². The lowest BCUT2D eigenvalue weighted by atomic mass is 9.80. The van der Waals surface area contributed by atoms with Crippen molar-refractivity contribution in [3.8, 4) is 0 Å². The summed E-state index contributed by atoms with van der Waals surface area (Å²) in [4.78, 5) is 48.9. The zero-order valence-corrected chi connectivity index (χ0v) is 41.3. The number of allylic oxidation sites excluding steroid dienone is 4. The van der Waals surface area contributed by atoms with E-state index in [9.17, 15) is 34.8 Å². The number of ether oxygens (including phenoxy) is 5. The zero-order valence-electron chi connectivity index (χ0n) is 41.3. The molecule has 15 nitrogen and oxygen atoms in total. The van der Waals surface area contributed by atoms with E-state index in [4.69, 9.17) is 34.4 Å². The van der Waals surface area contributed by atoms with Gasteiger partial charge in [0.25, 0.3) is 11.7 Å². The van der Waals surface area contributed by atoms with Gasteiger partial charge in [0.2, 0.25) is 5.79 Å². The van der Waals surface area contributed by atoms with Crippen molar-refractivity contribution >= 4 is 23.4 Å². The van der Waals surface area contributed by atoms with Gasteiger partial charge in [0, 0.05) is 64.8 Å². The number of esters is 1. The standard InChI is InChI=1S/C51H83N3O12/c1-30(2)24-33(5)45-47(64-10)46(57)34(6)25-32(4)41(56)29-43(38(52)26-36-19-21-40(55)44(27-36)63-9)65-50(60)39-17-13-15-23-54(39)49(59)48(58)51(61)35(7)18-20-37(66-51)28-42(62-8)31(3)16-12-11-14-22-53-45/h11-12,14,16,22,25,30,32-33,35-44,46-47,55-57,61H,13,15,17-21,23-24,26-29,52H2,1-10H3/b12-11+,22-14?,31-16+,34-25+,53-45?/t32-,33-,35-,36+,37+,38-,39+,40-,41-,42+,43+,44-,46-,47+,51-/m1/s1. The Morgan fingerprint density at radius 3 is 2.27 bits per heavy atom. The van der Waals surface area contributed by atoms with Crippen LogP contribution >= 0.6 is 0 Å². The summed E-state index contributed by atoms with van der Waals surface area (Å²) in [7, 11) is 4.68. The van der Waals surface area contributed by atoms with Gasteiger partial charge in [-0.05, 0) is 113 Å². The fourth-order valence-corrected chi connectivity index (χ4v) is 10.2. The molecule has 3 aliphatic heterocycles. The van der Waals surface area contributed by atoms with Crippen LogP contribution in [0.5, 0.6) is 0 Å². The number of carbonyl (C=O) groups is 3. The highest BCUT2D eigenvalue weighted by Gasteiger charge is 2.53. The summed E-state index contributed by atoms with van der Waals surface area (Å²) >= 11 is 0. The molecule has 4 aliphatic rings. The summed E-state index contributed by atoms with van der Waals surface area (Å²) in [5, 5.41) is 46.1. The van der Waals surface area contributed by atoms with E-state index in [1.165, 1.54) is 4.90 Å². The first-order valence-electron chi connectivity index (χ1n) is 24.4. The van der Waals surface area contributed by atoms with Crippen LogP contribution in [0, 0.1) is 29.6 Å². The first-order valence-corrected chi connectivity index (χ1v) is 24.4. The smallest absolute Gasteiger partial charge is 0.329 e. The second-order valence-corrected chi connectivity index (χ2v) is 20.0. The molecule has 1 aliphatic carbocycles. The molecule has 15 heteroatoms. The summed E-state index contributed by atoms with van der Waals surface area (Å²) in [6.07, 6.45) is 10.4. The van der Waals surface area contributed by atoms with E-state index in [0.29, 0.717) is 75.0 Å². The Morgan fingerprint density at radius 1 is 0.879 bits per heavy atom. The highest BCUT2D eigenvalue weighted by Crippen LogP contribution is 2.37. The molecular weight excluding hydrogens is 847 g/mol. The van der Waals surface area contributed by atoms with E-state index in [1.807, 2.05) is 32.1 Å². The van der Waals surface area contributed by atoms with Crippen molar-refractivity contribution in [2.24, 2.45) is 40.3 Å². The Morgan fingerprint density at radius 2 is 1.61 bits per heavy atom. The molecule has 66 heavy (non-hydrogen) atoms. The largest absolute Gasteiger partial charge is 0.459 e. The number of cyclic esters (lactones) is 1. The lowest BCUT2D eigenvalue weighted by Gasteiger charge is -2.42. The topological polar surface area (TPSA) is 220 Å². The van der Waals surface area contributed by atoms with Crippen LogP contribution in [0.4, 0.5) is 0 Å². The first kappa shape index (κ1) is 55.5. The molecule has 1 amide bonds. The maximum Gasteiger partial charge on any atom is 0.329 e. The van der Waals surface area contributed by atoms with Gasteiger partial charge in [0.1, 0.15) is 24.4 Å². The number of aliphatic hydroxyl groups excluding tert-OH is 3. The molecule has 0 aromatic carbocycles. The lowest BCUT2D eigenvalue weighted by molar-refractivity contribution is -0.265. The summed E-state index contributed by atoms with van der Waals surface area (Å²) < 4.78 is 29.8. The number of piperidine rings is 1. The predicted molar refractivity (Wildman–Crippen MR) is 253 cm³/mol. The van der Waals surface area contributed by atoms with Crippen molar-refractivity contribution in [2.75, 3.05) is 27.9 Å². The lowest BCUT2D eigenvalue weighted by Crippen LogP contribution is -2.61. The quantitative estimate of drug-likeness (QED) is 0.110. The van der Waals surface area contributed by atoms with Gasteiger partial charge < -0.3 is 54.7 Å². The van der Waals surface area contributed by atoms with Gasteiger partial charge >= 0.3 is 5.97 Å². The second kappa shape index (κ2) is 26.0. The SMILES string of the molecule is CO[C@H]1C[C@@H]2CC[C@@H](C)[C@@](O)(O2)C(=O)C(=O)N2CCCC[C@H]2C(=O)O[C@H]([C@H](N)C[C@@H]2CC[C@@H](O)[C@H](OC)C2)C[C@@H](O)[C@H](C)/C=C(\C)[C@@H](O)[C@@H](OC)C([C@H](C)CC(C)C)=NC=C/C=C/C=C/1C. The average Bonchev–Trinajstić information content (AvgIpc) is 3.28. The molecule has 374 valence electrons. The maximum atomic E-state index is 14.4. The van der Waals surface area contributed by atoms with Gasteiger partial charge in [-0.1, -0.05) is 58.9 Å². The molecule has 2 saturated heterocycles. The van der Waals surface area contributed by atoms with Crippen molar-refractivity contribution < 1.29 is 58.5 Å². The van der Waals surface area contributed by atoms with Crippen molar-refractivity contribution in [1.82, 2.24) is 4.90 Å². The van der Waals surface area contributed by atoms with E-state index in [1.54, 1.807) is 53.5 Å². The van der Waals surface area contributed by atoms with Gasteiger partial charge in [0.15, 0.2) is 0 Å². The van der Waals surface area contributed by atoms with E-state index in [0.717, 1.165) is 12.0 Å². The van der Waals surface area contributed by atoms with Crippen LogP contribution < -0.4 is 5.73 Å². The minimum Gasteiger partial charge on any atom is -0.459 e. The Balaban J connectivity index is 1.76. The molecule has 0 unspecified atom stereocenters. The molecule has 2 bridgehead atoms. The van der Waals surface area contributed by atoms with Crippen LogP contribution in [-0.4, -0.2) is 143 Å². The van der Waals surface area contributed by atoms with E-state index >= 15 is 0 Å². The third-order valence-electron chi connectivity index (χ3n) is 14.4. The fraction of sp³-hybridized carbons (Fsp3) is 0.765. The molecule has 4 rings (SSSR count). The molecule has 0 aromatic rings. The number of aliphatic imine (C=N–C) groups is 1. The van der Waals surface area contributed by atoms with Crippen molar-refractivity contribution in [3.63, 3.8) is 0 Å². The van der Waals surface area contributed by atoms with Crippen LogP contribution in [0.25, 0.3) is 0 Å². The molecule has 0 radical (unpaired) electrons. The number of Topliss-reactive ketones (excluding diaryl/α,β-unsaturated/α-hetero) is 1. The fourth-order valence-electron chi connectivity index (χ4n) is 10.2. The number of aliphatic hydroxyl groups is 4. The minimum atomic E-state index is -2.43. The van der Waals surface area contributed by atoms with Crippen LogP contribution in [0.2, 0.25) is 0 Å². The number of methoxy groups -OCH3 is 3. The third kappa shape index (κ3) is 14.7. The molecule has 0 aromatic heterocycles. The second-order valence-electron chi connectivity index (χ2n) is 20.0. The summed E-state index contributed by atoms with van der Waals surface area (Å²) in [6, 6.07) is -1.89. The van der Waals surface area contributed by atoms with Crippen molar-refractivity contribution in [1.29, 1.82) is 0 Å². The predicted octanol–water partition coefficient (Wildman–Crippen LogP) is 5.51. The third-order valence-corrected chi connectivity index (χ3v) is 14.4. The highest BCUT2D eigenvalue weighted by atomic mass is 16.6. The molecule has 3 fully saturated rings. The highest BCUT2D eigenvalue weighted by molar-refractivity contribution is 6.39. The summed E-state index contributed by atoms with van der Waals surface area (Å²) in [6.45, 7) is 13.6. The van der Waals surface area contributed by atoms with Crippen LogP contribution in [-0.2, 0) is 38.1 Å². The number of hydrogen-bond donors (Lipinski definition) is 5. The zero-order chi connectivity index (χ0) is 48.9. The van der Waals surface area contributed by atoms with Gasteiger partial charge in [-0.25, -0.2) is 4.79 Å². The Kier molecular flexibility index (Phi) is 21.9. The van der Waals surface area contributed by atoms with Crippen molar-refractivity contribution in [3.05, 3.63) is 47.7 Å². The number of ketones is 1. The van der Waals surface area contributed by atoms with Gasteiger partial charge in [-0.3, -0.25) is 14.6 Å². The summed E-state index contributed by atoms with van der Waals surface area (Å²) in [5.41, 5.74) is 9.02. The number of nitrogens with two attached hydrogens (primary N) is 1. The normalized spacial score (nSPS) is 38.5. The van der Waals surface area contributed by atoms with E-state index in [-0.39, 0.29) is 37.3 Å². The average molecular weight is 930 g/mol. The minimum absolute atomic E-state index is 0.0356. The summed E-state index contributed by atoms with van der Waals surface area (Å²) in [5.74, 6) is -6.24. The number of carbonyl (C=O) groups excluding carboxylic acids is 3. The first-order chi connectivity index (χ1) is 31.2. The molecular formula is C51H83N3O12.